The van der Waals surface area contributed by atoms with Gasteiger partial charge in [0.15, 0.2) is 6.04 Å². The number of hydrogen-bond acceptors (Lipinski definition) is 1. The number of nitrogens with one attached hydrogen (secondary N) is 2. The highest BCUT2D eigenvalue weighted by Crippen LogP contribution is 2.22. The number of carbonyl (C=O) groups excluding carboxylic acids is 1. The minimum atomic E-state index is -0.0660. The van der Waals surface area contributed by atoms with Crippen molar-refractivity contribution in [3.05, 3.63) is 70.8 Å². The number of anilines is 1. The molecule has 0 fully saturated rings. The molecule has 0 radical (unpaired) electrons. The number of carbonyl (C=O) groups is 1. The topological polar surface area (TPSA) is 33.5 Å². The molecule has 0 saturated carbocycles. The minimum Gasteiger partial charge on any atom is -0.321 e. The highest BCUT2D eigenvalue weighted by Gasteiger charge is 2.27. The van der Waals surface area contributed by atoms with E-state index in [1.54, 1.807) is 0 Å². The second-order valence-electron chi connectivity index (χ2n) is 7.44. The molecule has 0 aromatic heterocycles. The van der Waals surface area contributed by atoms with Gasteiger partial charge in [-0.15, -0.1) is 0 Å². The second kappa shape index (κ2) is 7.88. The summed E-state index contributed by atoms with van der Waals surface area (Å²) >= 11 is 0. The van der Waals surface area contributed by atoms with Crippen LogP contribution in [0, 0.1) is 20.8 Å². The van der Waals surface area contributed by atoms with Crippen molar-refractivity contribution in [1.29, 1.82) is 0 Å². The van der Waals surface area contributed by atoms with Gasteiger partial charge >= 0.3 is 0 Å². The van der Waals surface area contributed by atoms with Crippen LogP contribution in [0.5, 0.6) is 0 Å². The molecular formula is C23H29N2O+. The molecule has 0 bridgehead atoms. The van der Waals surface area contributed by atoms with Gasteiger partial charge in [0.25, 0.3) is 5.91 Å². The third-order valence-electron chi connectivity index (χ3n) is 5.40. The predicted octanol–water partition coefficient (Wildman–Crippen LogP) is 3.31. The first-order valence-corrected chi connectivity index (χ1v) is 9.43. The molecule has 0 spiro atoms. The lowest BCUT2D eigenvalue weighted by Gasteiger charge is -2.28. The maximum atomic E-state index is 12.8. The van der Waals surface area contributed by atoms with Crippen LogP contribution in [-0.2, 0) is 4.79 Å². The van der Waals surface area contributed by atoms with Crippen LogP contribution in [0.4, 0.5) is 5.69 Å². The zero-order valence-electron chi connectivity index (χ0n) is 16.2. The van der Waals surface area contributed by atoms with Crippen LogP contribution in [-0.4, -0.2) is 25.0 Å². The van der Waals surface area contributed by atoms with Gasteiger partial charge in [-0.05, 0) is 56.0 Å². The molecule has 1 heterocycles. The molecule has 0 aliphatic carbocycles. The van der Waals surface area contributed by atoms with Crippen LogP contribution < -0.4 is 10.2 Å². The Morgan fingerprint density at radius 1 is 1.08 bits per heavy atom. The van der Waals surface area contributed by atoms with Crippen LogP contribution in [0.1, 0.15) is 35.6 Å². The fourth-order valence-corrected chi connectivity index (χ4v) is 3.86. The van der Waals surface area contributed by atoms with Crippen LogP contribution in [0.15, 0.2) is 48.5 Å². The van der Waals surface area contributed by atoms with Crippen LogP contribution in [0.25, 0.3) is 5.57 Å². The molecule has 136 valence electrons. The van der Waals surface area contributed by atoms with E-state index < -0.39 is 0 Å². The highest BCUT2D eigenvalue weighted by molar-refractivity contribution is 5.95. The molecule has 2 N–H and O–H groups in total. The molecule has 2 aromatic carbocycles. The van der Waals surface area contributed by atoms with Crippen molar-refractivity contribution in [3.63, 3.8) is 0 Å². The third-order valence-corrected chi connectivity index (χ3v) is 5.40. The van der Waals surface area contributed by atoms with E-state index in [1.807, 2.05) is 13.0 Å². The summed E-state index contributed by atoms with van der Waals surface area (Å²) in [5.74, 6) is 0.103. The van der Waals surface area contributed by atoms with Crippen molar-refractivity contribution in [2.45, 2.75) is 40.2 Å². The first kappa shape index (κ1) is 18.4. The van der Waals surface area contributed by atoms with Crippen LogP contribution in [0.2, 0.25) is 0 Å². The molecule has 1 amide bonds. The van der Waals surface area contributed by atoms with Gasteiger partial charge in [0, 0.05) is 12.1 Å². The van der Waals surface area contributed by atoms with Gasteiger partial charge in [0.1, 0.15) is 0 Å². The highest BCUT2D eigenvalue weighted by atomic mass is 16.2. The SMILES string of the molecule is Cc1cc(C)c(NC(=O)[C@@H](C)[NH+]2CC=C(c3ccccc3)CC2)c(C)c1. The fourth-order valence-electron chi connectivity index (χ4n) is 3.86. The summed E-state index contributed by atoms with van der Waals surface area (Å²) in [5.41, 5.74) is 7.14. The molecule has 26 heavy (non-hydrogen) atoms. The van der Waals surface area contributed by atoms with Crippen molar-refractivity contribution < 1.29 is 9.69 Å². The van der Waals surface area contributed by atoms with Crippen molar-refractivity contribution >= 4 is 17.2 Å². The Bertz CT molecular complexity index is 800. The van der Waals surface area contributed by atoms with Gasteiger partial charge in [-0.3, -0.25) is 4.79 Å². The molecule has 1 unspecified atom stereocenters. The van der Waals surface area contributed by atoms with Crippen molar-refractivity contribution in [1.82, 2.24) is 0 Å². The molecule has 3 rings (SSSR count). The Morgan fingerprint density at radius 3 is 2.31 bits per heavy atom. The van der Waals surface area contributed by atoms with Crippen LogP contribution >= 0.6 is 0 Å². The monoisotopic (exact) mass is 349 g/mol. The maximum Gasteiger partial charge on any atom is 0.282 e. The first-order valence-electron chi connectivity index (χ1n) is 9.43. The zero-order chi connectivity index (χ0) is 18.7. The summed E-state index contributed by atoms with van der Waals surface area (Å²) < 4.78 is 0. The summed E-state index contributed by atoms with van der Waals surface area (Å²) in [4.78, 5) is 14.1. The molecule has 2 atom stereocenters. The molecule has 0 saturated heterocycles. The molecular weight excluding hydrogens is 320 g/mol. The lowest BCUT2D eigenvalue weighted by molar-refractivity contribution is -0.909. The van der Waals surface area contributed by atoms with E-state index >= 15 is 0 Å². The fraction of sp³-hybridized carbons (Fsp3) is 0.348. The average molecular weight is 349 g/mol. The van der Waals surface area contributed by atoms with Crippen molar-refractivity contribution in [3.8, 4) is 0 Å². The van der Waals surface area contributed by atoms with E-state index in [0.29, 0.717) is 0 Å². The molecule has 2 aromatic rings. The molecule has 1 aliphatic rings. The van der Waals surface area contributed by atoms with Gasteiger partial charge in [-0.25, -0.2) is 0 Å². The Balaban J connectivity index is 1.66. The van der Waals surface area contributed by atoms with Gasteiger partial charge in [0.05, 0.1) is 13.1 Å². The molecule has 3 heteroatoms. The van der Waals surface area contributed by atoms with E-state index in [4.69, 9.17) is 0 Å². The lowest BCUT2D eigenvalue weighted by Crippen LogP contribution is -3.17. The van der Waals surface area contributed by atoms with Gasteiger partial charge in [0.2, 0.25) is 0 Å². The second-order valence-corrected chi connectivity index (χ2v) is 7.44. The Hall–Kier alpha value is -2.39. The number of quaternary nitrogens is 1. The molecule has 1 aliphatic heterocycles. The first-order chi connectivity index (χ1) is 12.5. The number of rotatable bonds is 4. The Kier molecular flexibility index (Phi) is 5.58. The maximum absolute atomic E-state index is 12.8. The van der Waals surface area contributed by atoms with E-state index in [2.05, 4.69) is 68.6 Å². The lowest BCUT2D eigenvalue weighted by atomic mass is 9.98. The Morgan fingerprint density at radius 2 is 1.73 bits per heavy atom. The summed E-state index contributed by atoms with van der Waals surface area (Å²) in [6.07, 6.45) is 3.31. The largest absolute Gasteiger partial charge is 0.321 e. The average Bonchev–Trinajstić information content (AvgIpc) is 2.64. The van der Waals surface area contributed by atoms with Gasteiger partial charge in [-0.2, -0.15) is 0 Å². The Labute approximate surface area is 156 Å². The number of amides is 1. The zero-order valence-corrected chi connectivity index (χ0v) is 16.2. The standard InChI is InChI=1S/C23H28N2O/c1-16-14-17(2)22(18(3)15-16)24-23(26)19(4)25-12-10-21(11-13-25)20-8-6-5-7-9-20/h5-10,14-15,19H,11-13H2,1-4H3,(H,24,26)/p+1/t19-/m1/s1. The predicted molar refractivity (Wildman–Crippen MR) is 108 cm³/mol. The smallest absolute Gasteiger partial charge is 0.282 e. The summed E-state index contributed by atoms with van der Waals surface area (Å²) in [6, 6.07) is 14.7. The quantitative estimate of drug-likeness (QED) is 0.872. The number of hydrogen-bond donors (Lipinski definition) is 2. The van der Waals surface area contributed by atoms with Gasteiger partial charge in [-0.1, -0.05) is 48.0 Å². The van der Waals surface area contributed by atoms with E-state index in [9.17, 15) is 4.79 Å². The summed E-state index contributed by atoms with van der Waals surface area (Å²) in [6.45, 7) is 10.1. The summed E-state index contributed by atoms with van der Waals surface area (Å²) in [7, 11) is 0. The summed E-state index contributed by atoms with van der Waals surface area (Å²) in [5, 5.41) is 3.17. The van der Waals surface area contributed by atoms with E-state index in [-0.39, 0.29) is 11.9 Å². The normalized spacial score (nSPS) is 18.2. The number of aryl methyl sites for hydroxylation is 3. The van der Waals surface area contributed by atoms with E-state index in [0.717, 1.165) is 36.3 Å². The van der Waals surface area contributed by atoms with Crippen molar-refractivity contribution in [2.24, 2.45) is 0 Å². The third kappa shape index (κ3) is 4.05. The van der Waals surface area contributed by atoms with Crippen molar-refractivity contribution in [2.75, 3.05) is 18.4 Å². The minimum absolute atomic E-state index is 0.0660. The van der Waals surface area contributed by atoms with Gasteiger partial charge < -0.3 is 10.2 Å². The van der Waals surface area contributed by atoms with Crippen LogP contribution in [0.3, 0.4) is 0 Å². The van der Waals surface area contributed by atoms with E-state index in [1.165, 1.54) is 21.6 Å². The number of benzene rings is 2. The molecule has 3 nitrogen and oxygen atoms in total.